The lowest BCUT2D eigenvalue weighted by Crippen LogP contribution is -2.30. The number of anilines is 1. The van der Waals surface area contributed by atoms with Crippen LogP contribution in [-0.4, -0.2) is 21.8 Å². The predicted molar refractivity (Wildman–Crippen MR) is 131 cm³/mol. The summed E-state index contributed by atoms with van der Waals surface area (Å²) in [5.41, 5.74) is 5.35. The van der Waals surface area contributed by atoms with Crippen molar-refractivity contribution in [1.82, 2.24) is 14.9 Å². The van der Waals surface area contributed by atoms with Gasteiger partial charge in [0.15, 0.2) is 5.11 Å². The molecule has 0 aliphatic carbocycles. The molecule has 1 saturated heterocycles. The summed E-state index contributed by atoms with van der Waals surface area (Å²) in [4.78, 5) is 6.85. The third-order valence-electron chi connectivity index (χ3n) is 5.79. The van der Waals surface area contributed by atoms with Crippen LogP contribution in [0.3, 0.4) is 0 Å². The van der Waals surface area contributed by atoms with E-state index >= 15 is 0 Å². The lowest BCUT2D eigenvalue weighted by atomic mass is 10.0. The maximum absolute atomic E-state index is 5.85. The van der Waals surface area contributed by atoms with Gasteiger partial charge in [-0.2, -0.15) is 0 Å². The second-order valence-electron chi connectivity index (χ2n) is 7.84. The van der Waals surface area contributed by atoms with E-state index in [1.165, 1.54) is 5.56 Å². The molecule has 160 valence electrons. The number of benzene rings is 2. The second-order valence-corrected chi connectivity index (χ2v) is 8.23. The highest BCUT2D eigenvalue weighted by atomic mass is 32.1. The van der Waals surface area contributed by atoms with Gasteiger partial charge in [0.2, 0.25) is 0 Å². The Hall–Kier alpha value is -3.64. The molecule has 2 unspecified atom stereocenters. The van der Waals surface area contributed by atoms with E-state index in [4.69, 9.17) is 17.0 Å². The fourth-order valence-electron chi connectivity index (χ4n) is 4.34. The molecule has 1 fully saturated rings. The Morgan fingerprint density at radius 2 is 1.78 bits per heavy atom. The summed E-state index contributed by atoms with van der Waals surface area (Å²) in [7, 11) is 1.69. The van der Waals surface area contributed by atoms with E-state index in [0.717, 1.165) is 28.5 Å². The zero-order chi connectivity index (χ0) is 22.1. The molecule has 4 aromatic rings. The summed E-state index contributed by atoms with van der Waals surface area (Å²) in [6, 6.07) is 26.6. The van der Waals surface area contributed by atoms with Gasteiger partial charge in [0.1, 0.15) is 11.8 Å². The molecular formula is C26H24N4OS. The first-order valence-electron chi connectivity index (χ1n) is 10.5. The summed E-state index contributed by atoms with van der Waals surface area (Å²) >= 11 is 5.85. The molecule has 0 radical (unpaired) electrons. The number of nitrogens with zero attached hydrogens (tertiary/aromatic N) is 3. The molecule has 0 bridgehead atoms. The maximum atomic E-state index is 5.85. The van der Waals surface area contributed by atoms with E-state index in [9.17, 15) is 0 Å². The van der Waals surface area contributed by atoms with E-state index in [1.54, 1.807) is 7.11 Å². The first kappa shape index (κ1) is 20.3. The fraction of sp³-hybridized carbons (Fsp3) is 0.154. The molecular weight excluding hydrogens is 416 g/mol. The van der Waals surface area contributed by atoms with Crippen molar-refractivity contribution in [1.29, 1.82) is 0 Å². The van der Waals surface area contributed by atoms with Crippen molar-refractivity contribution in [3.8, 4) is 11.4 Å². The van der Waals surface area contributed by atoms with Crippen LogP contribution < -0.4 is 15.0 Å². The molecule has 5 nitrogen and oxygen atoms in total. The Bertz CT molecular complexity index is 1250. The van der Waals surface area contributed by atoms with Crippen molar-refractivity contribution in [3.05, 3.63) is 108 Å². The van der Waals surface area contributed by atoms with Gasteiger partial charge in [0, 0.05) is 35.5 Å². The van der Waals surface area contributed by atoms with Gasteiger partial charge in [-0.25, -0.2) is 0 Å². The van der Waals surface area contributed by atoms with Gasteiger partial charge in [0.05, 0.1) is 18.8 Å². The number of ether oxygens (including phenoxy) is 1. The second kappa shape index (κ2) is 8.48. The van der Waals surface area contributed by atoms with Crippen molar-refractivity contribution in [2.75, 3.05) is 12.0 Å². The largest absolute Gasteiger partial charge is 0.497 e. The number of pyridine rings is 1. The number of aromatic nitrogens is 2. The molecule has 2 aromatic carbocycles. The molecule has 32 heavy (non-hydrogen) atoms. The van der Waals surface area contributed by atoms with Crippen LogP contribution in [0.5, 0.6) is 5.75 Å². The normalized spacial score (nSPS) is 17.9. The van der Waals surface area contributed by atoms with Crippen LogP contribution in [0.2, 0.25) is 0 Å². The topological polar surface area (TPSA) is 42.3 Å². The molecule has 1 aliphatic rings. The van der Waals surface area contributed by atoms with Crippen molar-refractivity contribution < 1.29 is 4.74 Å². The van der Waals surface area contributed by atoms with Gasteiger partial charge >= 0.3 is 0 Å². The SMILES string of the molecule is COc1cccc(-n2cccc2C2C(c3ccccn3)NC(=S)N2c2cccc(C)c2)c1. The van der Waals surface area contributed by atoms with E-state index in [1.807, 2.05) is 42.6 Å². The molecule has 1 N–H and O–H groups in total. The summed E-state index contributed by atoms with van der Waals surface area (Å²) in [6.07, 6.45) is 3.91. The highest BCUT2D eigenvalue weighted by molar-refractivity contribution is 7.80. The number of nitrogens with one attached hydrogen (secondary N) is 1. The first-order chi connectivity index (χ1) is 15.7. The van der Waals surface area contributed by atoms with E-state index in [-0.39, 0.29) is 12.1 Å². The maximum Gasteiger partial charge on any atom is 0.174 e. The highest BCUT2D eigenvalue weighted by Crippen LogP contribution is 2.42. The molecule has 3 heterocycles. The standard InChI is InChI=1S/C26H24N4OS/c1-18-8-5-10-20(16-18)30-25(24(28-26(30)32)22-12-3-4-14-27-22)23-13-7-15-29(23)19-9-6-11-21(17-19)31-2/h3-17,24-25H,1-2H3,(H,28,32). The van der Waals surface area contributed by atoms with Crippen LogP contribution >= 0.6 is 12.2 Å². The summed E-state index contributed by atoms with van der Waals surface area (Å²) in [6.45, 7) is 2.10. The van der Waals surface area contributed by atoms with Gasteiger partial charge in [-0.1, -0.05) is 24.3 Å². The first-order valence-corrected chi connectivity index (χ1v) is 11.0. The zero-order valence-corrected chi connectivity index (χ0v) is 18.8. The van der Waals surface area contributed by atoms with Crippen LogP contribution in [0, 0.1) is 6.92 Å². The molecule has 0 spiro atoms. The van der Waals surface area contributed by atoms with Crippen LogP contribution in [0.1, 0.15) is 29.0 Å². The molecule has 2 atom stereocenters. The average Bonchev–Trinajstić information content (AvgIpc) is 3.44. The van der Waals surface area contributed by atoms with Gasteiger partial charge < -0.3 is 19.5 Å². The molecule has 5 rings (SSSR count). The Balaban J connectivity index is 1.67. The quantitative estimate of drug-likeness (QED) is 0.423. The zero-order valence-electron chi connectivity index (χ0n) is 18.0. The molecule has 0 saturated carbocycles. The molecule has 6 heteroatoms. The Morgan fingerprint density at radius 1 is 0.938 bits per heavy atom. The molecule has 2 aromatic heterocycles. The smallest absolute Gasteiger partial charge is 0.174 e. The van der Waals surface area contributed by atoms with Crippen LogP contribution in [-0.2, 0) is 0 Å². The number of thiocarbonyl (C=S) groups is 1. The summed E-state index contributed by atoms with van der Waals surface area (Å²) in [5, 5.41) is 4.22. The minimum absolute atomic E-state index is 0.0830. The van der Waals surface area contributed by atoms with Crippen LogP contribution in [0.4, 0.5) is 5.69 Å². The summed E-state index contributed by atoms with van der Waals surface area (Å²) < 4.78 is 7.66. The predicted octanol–water partition coefficient (Wildman–Crippen LogP) is 5.37. The van der Waals surface area contributed by atoms with E-state index < -0.39 is 0 Å². The number of methoxy groups -OCH3 is 1. The average molecular weight is 441 g/mol. The summed E-state index contributed by atoms with van der Waals surface area (Å²) in [5.74, 6) is 0.819. The van der Waals surface area contributed by atoms with Gasteiger partial charge in [-0.05, 0) is 73.2 Å². The van der Waals surface area contributed by atoms with E-state index in [0.29, 0.717) is 5.11 Å². The number of hydrogen-bond acceptors (Lipinski definition) is 3. The van der Waals surface area contributed by atoms with Crippen LogP contribution in [0.15, 0.2) is 91.3 Å². The van der Waals surface area contributed by atoms with Crippen molar-refractivity contribution in [2.45, 2.75) is 19.0 Å². The van der Waals surface area contributed by atoms with Gasteiger partial charge in [0.25, 0.3) is 0 Å². The minimum atomic E-state index is -0.0940. The van der Waals surface area contributed by atoms with Gasteiger partial charge in [-0.3, -0.25) is 4.98 Å². The molecule has 1 aliphatic heterocycles. The lowest BCUT2D eigenvalue weighted by Gasteiger charge is -2.29. The Labute approximate surface area is 193 Å². The monoisotopic (exact) mass is 440 g/mol. The van der Waals surface area contributed by atoms with Gasteiger partial charge in [-0.15, -0.1) is 0 Å². The third kappa shape index (κ3) is 3.63. The number of hydrogen-bond donors (Lipinski definition) is 1. The minimum Gasteiger partial charge on any atom is -0.497 e. The number of rotatable bonds is 5. The van der Waals surface area contributed by atoms with Crippen molar-refractivity contribution in [3.63, 3.8) is 0 Å². The Kier molecular flexibility index (Phi) is 5.37. The van der Waals surface area contributed by atoms with Crippen molar-refractivity contribution in [2.24, 2.45) is 0 Å². The highest BCUT2D eigenvalue weighted by Gasteiger charge is 2.42. The Morgan fingerprint density at radius 3 is 2.56 bits per heavy atom. The van der Waals surface area contributed by atoms with E-state index in [2.05, 4.69) is 75.4 Å². The van der Waals surface area contributed by atoms with Crippen molar-refractivity contribution >= 4 is 23.0 Å². The fourth-order valence-corrected chi connectivity index (χ4v) is 4.69. The lowest BCUT2D eigenvalue weighted by molar-refractivity contribution is 0.414. The third-order valence-corrected chi connectivity index (χ3v) is 6.11. The number of aryl methyl sites for hydroxylation is 1. The van der Waals surface area contributed by atoms with Crippen LogP contribution in [0.25, 0.3) is 5.69 Å². The molecule has 0 amide bonds.